The minimum Gasteiger partial charge on any atom is -0.496 e. The van der Waals surface area contributed by atoms with Gasteiger partial charge in [-0.15, -0.1) is 0 Å². The first-order valence-electron chi connectivity index (χ1n) is 12.4. The Kier molecular flexibility index (Phi) is 6.02. The number of hydrogen-bond donors (Lipinski definition) is 2. The van der Waals surface area contributed by atoms with Crippen LogP contribution in [0.3, 0.4) is 0 Å². The fourth-order valence-electron chi connectivity index (χ4n) is 5.01. The lowest BCUT2D eigenvalue weighted by molar-refractivity contribution is 0.142. The van der Waals surface area contributed by atoms with E-state index in [0.717, 1.165) is 28.3 Å². The third-order valence-electron chi connectivity index (χ3n) is 6.94. The first-order chi connectivity index (χ1) is 18.5. The van der Waals surface area contributed by atoms with Crippen molar-refractivity contribution in [2.75, 3.05) is 61.5 Å². The molecule has 0 unspecified atom stereocenters. The number of aromatic nitrogens is 2. The first kappa shape index (κ1) is 23.7. The topological polar surface area (TPSA) is 106 Å². The highest BCUT2D eigenvalue weighted by atomic mass is 19.1. The summed E-state index contributed by atoms with van der Waals surface area (Å²) >= 11 is 0. The number of rotatable bonds is 5. The average molecular weight is 516 g/mol. The van der Waals surface area contributed by atoms with Gasteiger partial charge in [-0.05, 0) is 30.3 Å². The van der Waals surface area contributed by atoms with Crippen molar-refractivity contribution in [2.45, 2.75) is 0 Å². The van der Waals surface area contributed by atoms with E-state index in [0.29, 0.717) is 50.8 Å². The molecular formula is C27H26FN7O3. The Morgan fingerprint density at radius 3 is 2.68 bits per heavy atom. The maximum atomic E-state index is 15.1. The number of fused-ring (bicyclic) bond motifs is 3. The number of para-hydroxylation sites is 1. The van der Waals surface area contributed by atoms with E-state index in [2.05, 4.69) is 15.2 Å². The zero-order valence-corrected chi connectivity index (χ0v) is 20.8. The largest absolute Gasteiger partial charge is 0.496 e. The summed E-state index contributed by atoms with van der Waals surface area (Å²) in [5.74, 6) is 2.15. The molecule has 1 saturated heterocycles. The lowest BCUT2D eigenvalue weighted by Crippen LogP contribution is -2.48. The van der Waals surface area contributed by atoms with Crippen LogP contribution in [0.2, 0.25) is 0 Å². The molecule has 2 aromatic carbocycles. The van der Waals surface area contributed by atoms with Gasteiger partial charge in [-0.1, -0.05) is 18.2 Å². The van der Waals surface area contributed by atoms with Gasteiger partial charge in [0.2, 0.25) is 5.95 Å². The van der Waals surface area contributed by atoms with E-state index in [4.69, 9.17) is 19.8 Å². The maximum Gasteiger partial charge on any atom is 0.407 e. The van der Waals surface area contributed by atoms with Crippen LogP contribution in [0, 0.1) is 5.82 Å². The van der Waals surface area contributed by atoms with Crippen LogP contribution in [0.5, 0.6) is 5.75 Å². The van der Waals surface area contributed by atoms with Crippen molar-refractivity contribution >= 4 is 46.7 Å². The van der Waals surface area contributed by atoms with Crippen LogP contribution in [0.25, 0.3) is 11.6 Å². The number of amides is 1. The third kappa shape index (κ3) is 4.25. The van der Waals surface area contributed by atoms with Gasteiger partial charge in [0.1, 0.15) is 23.2 Å². The Morgan fingerprint density at radius 2 is 1.92 bits per heavy atom. The summed E-state index contributed by atoms with van der Waals surface area (Å²) in [5, 5.41) is 12.1. The fourth-order valence-corrected chi connectivity index (χ4v) is 5.01. The van der Waals surface area contributed by atoms with Gasteiger partial charge >= 0.3 is 6.09 Å². The highest BCUT2D eigenvalue weighted by Crippen LogP contribution is 2.38. The number of benzene rings is 2. The average Bonchev–Trinajstić information content (AvgIpc) is 3.44. The van der Waals surface area contributed by atoms with E-state index in [-0.39, 0.29) is 11.6 Å². The monoisotopic (exact) mass is 515 g/mol. The quantitative estimate of drug-likeness (QED) is 0.526. The summed E-state index contributed by atoms with van der Waals surface area (Å²) in [4.78, 5) is 30.4. The predicted molar refractivity (Wildman–Crippen MR) is 144 cm³/mol. The molecule has 11 heteroatoms. The summed E-state index contributed by atoms with van der Waals surface area (Å²) in [5.41, 5.74) is 3.70. The number of ether oxygens (including phenoxy) is 1. The SMILES string of the molecule is COc1ccccc1C1=Cc2cnc(Nc3ccc(N4CCN(C(=O)O)CC4)cc3F)nc2N2CCN=C12. The second-order valence-corrected chi connectivity index (χ2v) is 9.13. The van der Waals surface area contributed by atoms with Crippen LogP contribution < -0.4 is 19.9 Å². The van der Waals surface area contributed by atoms with E-state index in [1.54, 1.807) is 19.4 Å². The summed E-state index contributed by atoms with van der Waals surface area (Å²) in [6, 6.07) is 12.7. The molecule has 194 valence electrons. The minimum absolute atomic E-state index is 0.259. The van der Waals surface area contributed by atoms with Crippen LogP contribution in [0.1, 0.15) is 11.1 Å². The molecule has 4 heterocycles. The molecule has 0 bridgehead atoms. The molecule has 2 N–H and O–H groups in total. The molecule has 0 aliphatic carbocycles. The van der Waals surface area contributed by atoms with Crippen LogP contribution >= 0.6 is 0 Å². The molecule has 3 aromatic rings. The molecule has 10 nitrogen and oxygen atoms in total. The number of anilines is 4. The number of methoxy groups -OCH3 is 1. The zero-order chi connectivity index (χ0) is 26.2. The van der Waals surface area contributed by atoms with Crippen LogP contribution in [-0.4, -0.2) is 78.3 Å². The molecule has 38 heavy (non-hydrogen) atoms. The van der Waals surface area contributed by atoms with Gasteiger partial charge < -0.3 is 29.9 Å². The van der Waals surface area contributed by atoms with Gasteiger partial charge in [0.15, 0.2) is 0 Å². The predicted octanol–water partition coefficient (Wildman–Crippen LogP) is 3.94. The van der Waals surface area contributed by atoms with E-state index in [9.17, 15) is 4.79 Å². The van der Waals surface area contributed by atoms with E-state index >= 15 is 4.39 Å². The number of halogens is 1. The smallest absolute Gasteiger partial charge is 0.407 e. The Bertz CT molecular complexity index is 1470. The molecule has 6 rings (SSSR count). The number of piperazine rings is 1. The van der Waals surface area contributed by atoms with Gasteiger partial charge in [-0.2, -0.15) is 4.98 Å². The Hall–Kier alpha value is -4.67. The third-order valence-corrected chi connectivity index (χ3v) is 6.94. The minimum atomic E-state index is -0.931. The second kappa shape index (κ2) is 9.66. The molecule has 0 atom stereocenters. The standard InChI is InChI=1S/C27H26FN7O3/c1-38-23-5-3-2-4-19(23)20-14-17-16-30-26(32-24(17)35-9-8-29-25(20)35)31-22-7-6-18(15-21(22)28)33-10-12-34(13-11-33)27(36)37/h2-7,14-16H,8-13H2,1H3,(H,36,37)(H,30,31,32). The molecule has 0 radical (unpaired) electrons. The normalized spacial score (nSPS) is 16.4. The summed E-state index contributed by atoms with van der Waals surface area (Å²) < 4.78 is 20.6. The van der Waals surface area contributed by atoms with Crippen molar-refractivity contribution in [3.63, 3.8) is 0 Å². The molecule has 3 aliphatic heterocycles. The molecule has 1 aromatic heterocycles. The van der Waals surface area contributed by atoms with Gasteiger partial charge in [0, 0.05) is 61.3 Å². The van der Waals surface area contributed by atoms with Gasteiger partial charge in [-0.3, -0.25) is 4.99 Å². The summed E-state index contributed by atoms with van der Waals surface area (Å²) in [7, 11) is 1.65. The Labute approximate surface area is 218 Å². The van der Waals surface area contributed by atoms with Crippen molar-refractivity contribution < 1.29 is 19.0 Å². The number of nitrogens with zero attached hydrogens (tertiary/aromatic N) is 6. The number of aliphatic imine (C=N–C) groups is 1. The van der Waals surface area contributed by atoms with Gasteiger partial charge in [-0.25, -0.2) is 14.2 Å². The molecule has 1 amide bonds. The Balaban J connectivity index is 1.24. The zero-order valence-electron chi connectivity index (χ0n) is 20.8. The number of nitrogens with one attached hydrogen (secondary N) is 1. The van der Waals surface area contributed by atoms with Crippen LogP contribution in [0.15, 0.2) is 53.7 Å². The Morgan fingerprint density at radius 1 is 1.11 bits per heavy atom. The second-order valence-electron chi connectivity index (χ2n) is 9.13. The van der Waals surface area contributed by atoms with Crippen molar-refractivity contribution in [2.24, 2.45) is 4.99 Å². The fraction of sp³-hybridized carbons (Fsp3) is 0.259. The van der Waals surface area contributed by atoms with Gasteiger partial charge in [0.25, 0.3) is 0 Å². The van der Waals surface area contributed by atoms with E-state index < -0.39 is 11.9 Å². The molecule has 0 saturated carbocycles. The van der Waals surface area contributed by atoms with E-state index in [1.165, 1.54) is 11.0 Å². The van der Waals surface area contributed by atoms with E-state index in [1.807, 2.05) is 41.3 Å². The molecule has 0 spiro atoms. The number of carbonyl (C=O) groups is 1. The van der Waals surface area contributed by atoms with Crippen molar-refractivity contribution in [3.8, 4) is 5.75 Å². The van der Waals surface area contributed by atoms with Crippen molar-refractivity contribution in [3.05, 3.63) is 65.6 Å². The summed E-state index contributed by atoms with van der Waals surface area (Å²) in [6.45, 7) is 3.12. The molecular weight excluding hydrogens is 489 g/mol. The molecule has 1 fully saturated rings. The van der Waals surface area contributed by atoms with Crippen molar-refractivity contribution in [1.82, 2.24) is 14.9 Å². The molecule has 3 aliphatic rings. The van der Waals surface area contributed by atoms with Crippen molar-refractivity contribution in [1.29, 1.82) is 0 Å². The number of hydrogen-bond acceptors (Lipinski definition) is 8. The van der Waals surface area contributed by atoms with Crippen LogP contribution in [-0.2, 0) is 0 Å². The lowest BCUT2D eigenvalue weighted by Gasteiger charge is -2.34. The highest BCUT2D eigenvalue weighted by molar-refractivity contribution is 6.36. The summed E-state index contributed by atoms with van der Waals surface area (Å²) in [6.07, 6.45) is 2.81. The number of carboxylic acid groups (broad SMARTS) is 1. The highest BCUT2D eigenvalue weighted by Gasteiger charge is 2.31. The maximum absolute atomic E-state index is 15.1. The first-order valence-corrected chi connectivity index (χ1v) is 12.4. The van der Waals surface area contributed by atoms with Gasteiger partial charge in [0.05, 0.1) is 19.3 Å². The lowest BCUT2D eigenvalue weighted by atomic mass is 9.98. The van der Waals surface area contributed by atoms with Crippen LogP contribution in [0.4, 0.5) is 32.3 Å². The number of amidine groups is 1.